The van der Waals surface area contributed by atoms with Crippen LogP contribution in [0, 0.1) is 5.41 Å². The van der Waals surface area contributed by atoms with Gasteiger partial charge in [0.05, 0.1) is 5.41 Å². The van der Waals surface area contributed by atoms with E-state index in [9.17, 15) is 14.4 Å². The Hall–Kier alpha value is -1.39. The first-order chi connectivity index (χ1) is 24.0. The smallest absolute Gasteiger partial charge is 0.287 e. The lowest BCUT2D eigenvalue weighted by atomic mass is 9.75. The van der Waals surface area contributed by atoms with E-state index in [1.807, 2.05) is 6.92 Å². The van der Waals surface area contributed by atoms with Crippen LogP contribution in [-0.2, 0) is 24.2 Å². The molecule has 0 radical (unpaired) electrons. The summed E-state index contributed by atoms with van der Waals surface area (Å²) in [6.45, 7) is 8.76. The number of rotatable bonds is 38. The Morgan fingerprint density at radius 3 is 0.980 bits per heavy atom. The van der Waals surface area contributed by atoms with Crippen molar-refractivity contribution < 1.29 is 24.2 Å². The average molecular weight is 693 g/mol. The van der Waals surface area contributed by atoms with Gasteiger partial charge < -0.3 is 0 Å². The molecule has 290 valence electrons. The van der Waals surface area contributed by atoms with Gasteiger partial charge >= 0.3 is 11.9 Å². The summed E-state index contributed by atoms with van der Waals surface area (Å²) in [5, 5.41) is 0. The number of hydrogen-bond acceptors (Lipinski definition) is 5. The monoisotopic (exact) mass is 693 g/mol. The van der Waals surface area contributed by atoms with Gasteiger partial charge in [-0.05, 0) is 25.7 Å². The standard InChI is InChI=1S/C44H84O5/c1-5-9-12-15-17-19-21-23-25-27-29-31-33-35-38-41(45)42(46)48-49-43(47)44(8-4,39-36-14-11-7-3)40-37-34-32-30-28-26-24-22-20-18-16-13-10-6-2/h5-40H2,1-4H3. The average Bonchev–Trinajstić information content (AvgIpc) is 3.11. The minimum absolute atomic E-state index is 0.156. The summed E-state index contributed by atoms with van der Waals surface area (Å²) in [6, 6.07) is 0. The summed E-state index contributed by atoms with van der Waals surface area (Å²) in [6.07, 6.45) is 42.2. The molecule has 1 unspecified atom stereocenters. The third kappa shape index (κ3) is 28.9. The first kappa shape index (κ1) is 47.6. The van der Waals surface area contributed by atoms with E-state index in [1.165, 1.54) is 148 Å². The van der Waals surface area contributed by atoms with Crippen molar-refractivity contribution in [1.29, 1.82) is 0 Å². The molecule has 0 aromatic rings. The van der Waals surface area contributed by atoms with Crippen LogP contribution in [0.4, 0.5) is 0 Å². The summed E-state index contributed by atoms with van der Waals surface area (Å²) in [4.78, 5) is 48.1. The van der Waals surface area contributed by atoms with E-state index in [-0.39, 0.29) is 6.42 Å². The highest BCUT2D eigenvalue weighted by Crippen LogP contribution is 2.37. The molecule has 0 heterocycles. The largest absolute Gasteiger partial charge is 0.421 e. The van der Waals surface area contributed by atoms with Crippen molar-refractivity contribution in [2.24, 2.45) is 5.41 Å². The highest BCUT2D eigenvalue weighted by atomic mass is 17.2. The van der Waals surface area contributed by atoms with Crippen LogP contribution in [0.15, 0.2) is 0 Å². The summed E-state index contributed by atoms with van der Waals surface area (Å²) in [5.41, 5.74) is -0.650. The molecule has 0 aliphatic heterocycles. The zero-order valence-corrected chi connectivity index (χ0v) is 33.5. The van der Waals surface area contributed by atoms with Gasteiger partial charge in [0.25, 0.3) is 0 Å². The van der Waals surface area contributed by atoms with Gasteiger partial charge in [0.2, 0.25) is 5.78 Å². The quantitative estimate of drug-likeness (QED) is 0.0279. The maximum atomic E-state index is 13.3. The van der Waals surface area contributed by atoms with E-state index in [1.54, 1.807) is 0 Å². The molecule has 0 saturated heterocycles. The Labute approximate surface area is 305 Å². The van der Waals surface area contributed by atoms with Gasteiger partial charge in [-0.1, -0.05) is 227 Å². The van der Waals surface area contributed by atoms with Crippen molar-refractivity contribution in [2.75, 3.05) is 0 Å². The molecule has 0 spiro atoms. The second-order valence-electron chi connectivity index (χ2n) is 15.3. The molecule has 0 saturated carbocycles. The fourth-order valence-electron chi connectivity index (χ4n) is 7.17. The fraction of sp³-hybridized carbons (Fsp3) is 0.932. The predicted octanol–water partition coefficient (Wildman–Crippen LogP) is 14.7. The molecule has 0 N–H and O–H groups in total. The molecule has 5 nitrogen and oxygen atoms in total. The van der Waals surface area contributed by atoms with E-state index >= 15 is 0 Å². The molecule has 49 heavy (non-hydrogen) atoms. The minimum atomic E-state index is -1.03. The zero-order valence-electron chi connectivity index (χ0n) is 33.5. The molecule has 0 bridgehead atoms. The van der Waals surface area contributed by atoms with Crippen molar-refractivity contribution in [3.63, 3.8) is 0 Å². The van der Waals surface area contributed by atoms with E-state index in [2.05, 4.69) is 20.8 Å². The lowest BCUT2D eigenvalue weighted by Gasteiger charge is -2.29. The zero-order chi connectivity index (χ0) is 36.1. The highest BCUT2D eigenvalue weighted by Gasteiger charge is 2.39. The van der Waals surface area contributed by atoms with Crippen molar-refractivity contribution in [1.82, 2.24) is 0 Å². The number of carbonyl (C=O) groups excluding carboxylic acids is 3. The highest BCUT2D eigenvalue weighted by molar-refractivity contribution is 6.33. The van der Waals surface area contributed by atoms with Crippen molar-refractivity contribution >= 4 is 17.7 Å². The van der Waals surface area contributed by atoms with Crippen LogP contribution in [-0.4, -0.2) is 17.7 Å². The Morgan fingerprint density at radius 1 is 0.367 bits per heavy atom. The molecule has 0 aliphatic rings. The summed E-state index contributed by atoms with van der Waals surface area (Å²) in [7, 11) is 0. The van der Waals surface area contributed by atoms with Gasteiger partial charge in [0, 0.05) is 6.42 Å². The normalized spacial score (nSPS) is 12.6. The van der Waals surface area contributed by atoms with Crippen LogP contribution in [0.3, 0.4) is 0 Å². The van der Waals surface area contributed by atoms with Gasteiger partial charge in [0.1, 0.15) is 0 Å². The molecule has 1 atom stereocenters. The molecular weight excluding hydrogens is 608 g/mol. The molecule has 0 aromatic heterocycles. The number of unbranched alkanes of at least 4 members (excludes halogenated alkanes) is 29. The van der Waals surface area contributed by atoms with Gasteiger partial charge in [-0.3, -0.25) is 4.79 Å². The first-order valence-corrected chi connectivity index (χ1v) is 21.9. The van der Waals surface area contributed by atoms with Crippen LogP contribution in [0.5, 0.6) is 0 Å². The van der Waals surface area contributed by atoms with E-state index in [4.69, 9.17) is 9.78 Å². The third-order valence-corrected chi connectivity index (χ3v) is 10.8. The second kappa shape index (κ2) is 36.4. The van der Waals surface area contributed by atoms with E-state index in [0.717, 1.165) is 64.2 Å². The van der Waals surface area contributed by atoms with Crippen molar-refractivity contribution in [2.45, 2.75) is 259 Å². The topological polar surface area (TPSA) is 69.7 Å². The maximum Gasteiger partial charge on any atom is 0.421 e. The Morgan fingerprint density at radius 2 is 0.653 bits per heavy atom. The molecule has 0 amide bonds. The Bertz CT molecular complexity index is 750. The number of ketones is 1. The molecule has 0 aromatic carbocycles. The Balaban J connectivity index is 4.25. The molecule has 5 heteroatoms. The summed E-state index contributed by atoms with van der Waals surface area (Å²) in [5.74, 6) is -2.10. The molecule has 0 rings (SSSR count). The minimum Gasteiger partial charge on any atom is -0.287 e. The first-order valence-electron chi connectivity index (χ1n) is 21.9. The fourth-order valence-corrected chi connectivity index (χ4v) is 7.17. The van der Waals surface area contributed by atoms with Crippen molar-refractivity contribution in [3.05, 3.63) is 0 Å². The summed E-state index contributed by atoms with van der Waals surface area (Å²) >= 11 is 0. The second-order valence-corrected chi connectivity index (χ2v) is 15.3. The van der Waals surface area contributed by atoms with Crippen LogP contribution in [0.2, 0.25) is 0 Å². The van der Waals surface area contributed by atoms with Crippen molar-refractivity contribution in [3.8, 4) is 0 Å². The summed E-state index contributed by atoms with van der Waals surface area (Å²) < 4.78 is 0. The van der Waals surface area contributed by atoms with Crippen LogP contribution >= 0.6 is 0 Å². The third-order valence-electron chi connectivity index (χ3n) is 10.8. The lowest BCUT2D eigenvalue weighted by molar-refractivity contribution is -0.265. The van der Waals surface area contributed by atoms with E-state index < -0.39 is 23.1 Å². The van der Waals surface area contributed by atoms with Gasteiger partial charge in [-0.2, -0.15) is 0 Å². The lowest BCUT2D eigenvalue weighted by Crippen LogP contribution is -2.34. The molecule has 0 aliphatic carbocycles. The number of Topliss-reactive ketones (excluding diaryl/α,β-unsaturated/α-hetero) is 1. The maximum absolute atomic E-state index is 13.3. The SMILES string of the molecule is CCCCCCCCCCCCCCCCC(=O)C(=O)OOC(=O)C(CC)(CCCCCC)CCCCCCCCCCCCCCCC. The molecule has 0 fully saturated rings. The van der Waals surface area contributed by atoms with Crippen LogP contribution < -0.4 is 0 Å². The predicted molar refractivity (Wildman–Crippen MR) is 209 cm³/mol. The van der Waals surface area contributed by atoms with Crippen LogP contribution in [0.25, 0.3) is 0 Å². The number of hydrogen-bond donors (Lipinski definition) is 0. The Kier molecular flexibility index (Phi) is 35.4. The van der Waals surface area contributed by atoms with Gasteiger partial charge in [0.15, 0.2) is 0 Å². The van der Waals surface area contributed by atoms with Gasteiger partial charge in [-0.15, -0.1) is 0 Å². The van der Waals surface area contributed by atoms with Crippen LogP contribution in [0.1, 0.15) is 259 Å². The van der Waals surface area contributed by atoms with Gasteiger partial charge in [-0.25, -0.2) is 19.4 Å². The van der Waals surface area contributed by atoms with E-state index in [0.29, 0.717) is 12.8 Å². The number of carbonyl (C=O) groups is 3. The molecular formula is C44H84O5.